The largest absolute Gasteiger partial charge is 0.508 e. The Balaban J connectivity index is 2.00. The maximum Gasteiger partial charge on any atom is 0.214 e. The van der Waals surface area contributed by atoms with E-state index in [1.807, 2.05) is 0 Å². The summed E-state index contributed by atoms with van der Waals surface area (Å²) in [6.45, 7) is 0.356. The molecule has 1 fully saturated rings. The minimum absolute atomic E-state index is 0.192. The van der Waals surface area contributed by atoms with Crippen molar-refractivity contribution >= 4 is 10.0 Å². The average molecular weight is 255 g/mol. The lowest BCUT2D eigenvalue weighted by molar-refractivity contribution is 0.462. The van der Waals surface area contributed by atoms with Gasteiger partial charge in [-0.15, -0.1) is 0 Å². The average Bonchev–Trinajstić information content (AvgIpc) is 3.04. The molecular formula is C12H17NO3S. The number of hydrogen-bond acceptors (Lipinski definition) is 3. The number of phenols is 1. The highest BCUT2D eigenvalue weighted by Gasteiger charge is 2.30. The van der Waals surface area contributed by atoms with Crippen molar-refractivity contribution in [3.63, 3.8) is 0 Å². The van der Waals surface area contributed by atoms with E-state index in [9.17, 15) is 8.42 Å². The summed E-state index contributed by atoms with van der Waals surface area (Å²) in [6, 6.07) is 6.60. The van der Waals surface area contributed by atoms with Crippen LogP contribution < -0.4 is 0 Å². The maximum absolute atomic E-state index is 11.9. The highest BCUT2D eigenvalue weighted by molar-refractivity contribution is 7.89. The first-order valence-electron chi connectivity index (χ1n) is 5.69. The summed E-state index contributed by atoms with van der Waals surface area (Å²) in [4.78, 5) is 0. The van der Waals surface area contributed by atoms with Gasteiger partial charge < -0.3 is 5.11 Å². The number of rotatable bonds is 5. The SMILES string of the molecule is CN(Cc1ccc(O)cc1)S(=O)(=O)CC1CC1. The third-order valence-electron chi connectivity index (χ3n) is 2.96. The zero-order valence-corrected chi connectivity index (χ0v) is 10.7. The Hall–Kier alpha value is -1.07. The highest BCUT2D eigenvalue weighted by atomic mass is 32.2. The number of phenolic OH excluding ortho intramolecular Hbond substituents is 1. The summed E-state index contributed by atoms with van der Waals surface area (Å²) in [5, 5.41) is 9.15. The Bertz CT molecular complexity index is 477. The fourth-order valence-electron chi connectivity index (χ4n) is 1.67. The van der Waals surface area contributed by atoms with Crippen molar-refractivity contribution in [1.82, 2.24) is 4.31 Å². The van der Waals surface area contributed by atoms with E-state index in [2.05, 4.69) is 0 Å². The number of sulfonamides is 1. The summed E-state index contributed by atoms with van der Waals surface area (Å²) >= 11 is 0. The lowest BCUT2D eigenvalue weighted by Crippen LogP contribution is -2.29. The molecule has 1 aromatic carbocycles. The van der Waals surface area contributed by atoms with Gasteiger partial charge in [-0.25, -0.2) is 12.7 Å². The molecule has 0 spiro atoms. The van der Waals surface area contributed by atoms with Crippen molar-refractivity contribution in [2.45, 2.75) is 19.4 Å². The zero-order valence-electron chi connectivity index (χ0n) is 9.83. The normalized spacial score (nSPS) is 16.4. The first kappa shape index (κ1) is 12.4. The van der Waals surface area contributed by atoms with Gasteiger partial charge in [-0.3, -0.25) is 0 Å². The van der Waals surface area contributed by atoms with Crippen LogP contribution in [0, 0.1) is 5.92 Å². The predicted octanol–water partition coefficient (Wildman–Crippen LogP) is 1.56. The van der Waals surface area contributed by atoms with Crippen LogP contribution in [0.15, 0.2) is 24.3 Å². The van der Waals surface area contributed by atoms with Gasteiger partial charge >= 0.3 is 0 Å². The summed E-state index contributed by atoms with van der Waals surface area (Å²) in [5.74, 6) is 0.821. The molecule has 0 amide bonds. The molecule has 5 heteroatoms. The van der Waals surface area contributed by atoms with Gasteiger partial charge in [0.15, 0.2) is 0 Å². The Labute approximate surface area is 102 Å². The predicted molar refractivity (Wildman–Crippen MR) is 66.1 cm³/mol. The van der Waals surface area contributed by atoms with E-state index >= 15 is 0 Å². The Kier molecular flexibility index (Phi) is 3.40. The molecule has 0 atom stereocenters. The monoisotopic (exact) mass is 255 g/mol. The summed E-state index contributed by atoms with van der Waals surface area (Å²) in [7, 11) is -1.53. The molecule has 1 aliphatic rings. The minimum atomic E-state index is -3.13. The molecule has 94 valence electrons. The van der Waals surface area contributed by atoms with Gasteiger partial charge in [-0.05, 0) is 36.5 Å². The molecular weight excluding hydrogens is 238 g/mol. The number of aromatic hydroxyl groups is 1. The smallest absolute Gasteiger partial charge is 0.214 e. The Morgan fingerprint density at radius 2 is 1.88 bits per heavy atom. The van der Waals surface area contributed by atoms with Crippen LogP contribution in [0.2, 0.25) is 0 Å². The Morgan fingerprint density at radius 1 is 1.29 bits per heavy atom. The Morgan fingerprint density at radius 3 is 2.41 bits per heavy atom. The molecule has 1 N–H and O–H groups in total. The molecule has 0 unspecified atom stereocenters. The summed E-state index contributed by atoms with van der Waals surface area (Å²) < 4.78 is 25.2. The number of nitrogens with zero attached hydrogens (tertiary/aromatic N) is 1. The molecule has 1 aliphatic carbocycles. The van der Waals surface area contributed by atoms with Crippen molar-refractivity contribution in [3.05, 3.63) is 29.8 Å². The third-order valence-corrected chi connectivity index (χ3v) is 4.93. The van der Waals surface area contributed by atoms with E-state index < -0.39 is 10.0 Å². The third kappa shape index (κ3) is 3.44. The van der Waals surface area contributed by atoms with Gasteiger partial charge in [0.05, 0.1) is 5.75 Å². The van der Waals surface area contributed by atoms with Gasteiger partial charge in [0.2, 0.25) is 10.0 Å². The van der Waals surface area contributed by atoms with Crippen LogP contribution in [-0.4, -0.2) is 30.6 Å². The highest BCUT2D eigenvalue weighted by Crippen LogP contribution is 2.31. The van der Waals surface area contributed by atoms with Crippen molar-refractivity contribution in [2.75, 3.05) is 12.8 Å². The molecule has 0 radical (unpaired) electrons. The van der Waals surface area contributed by atoms with E-state index in [0.29, 0.717) is 12.5 Å². The molecule has 1 aromatic rings. The van der Waals surface area contributed by atoms with Gasteiger partial charge in [-0.1, -0.05) is 12.1 Å². The van der Waals surface area contributed by atoms with E-state index in [1.54, 1.807) is 31.3 Å². The lowest BCUT2D eigenvalue weighted by atomic mass is 10.2. The minimum Gasteiger partial charge on any atom is -0.508 e. The van der Waals surface area contributed by atoms with Crippen LogP contribution in [-0.2, 0) is 16.6 Å². The fraction of sp³-hybridized carbons (Fsp3) is 0.500. The van der Waals surface area contributed by atoms with E-state index in [0.717, 1.165) is 18.4 Å². The molecule has 2 rings (SSSR count). The molecule has 0 aromatic heterocycles. The second-order valence-electron chi connectivity index (χ2n) is 4.64. The van der Waals surface area contributed by atoms with Gasteiger partial charge in [0.1, 0.15) is 5.75 Å². The molecule has 0 aliphatic heterocycles. The van der Waals surface area contributed by atoms with E-state index in [-0.39, 0.29) is 11.5 Å². The van der Waals surface area contributed by atoms with Crippen molar-refractivity contribution < 1.29 is 13.5 Å². The summed E-state index contributed by atoms with van der Waals surface area (Å²) in [5.41, 5.74) is 0.879. The first-order valence-corrected chi connectivity index (χ1v) is 7.30. The van der Waals surface area contributed by atoms with Crippen LogP contribution in [0.4, 0.5) is 0 Å². The second kappa shape index (κ2) is 4.66. The van der Waals surface area contributed by atoms with Crippen LogP contribution in [0.25, 0.3) is 0 Å². The second-order valence-corrected chi connectivity index (χ2v) is 6.76. The van der Waals surface area contributed by atoms with Gasteiger partial charge in [-0.2, -0.15) is 0 Å². The molecule has 0 saturated heterocycles. The summed E-state index contributed by atoms with van der Waals surface area (Å²) in [6.07, 6.45) is 2.07. The topological polar surface area (TPSA) is 57.6 Å². The van der Waals surface area contributed by atoms with Crippen LogP contribution in [0.3, 0.4) is 0 Å². The van der Waals surface area contributed by atoms with Crippen molar-refractivity contribution in [1.29, 1.82) is 0 Å². The molecule has 4 nitrogen and oxygen atoms in total. The molecule has 0 heterocycles. The quantitative estimate of drug-likeness (QED) is 0.868. The van der Waals surface area contributed by atoms with Gasteiger partial charge in [0, 0.05) is 13.6 Å². The fourth-order valence-corrected chi connectivity index (χ4v) is 3.20. The van der Waals surface area contributed by atoms with E-state index in [4.69, 9.17) is 5.11 Å². The number of hydrogen-bond donors (Lipinski definition) is 1. The van der Waals surface area contributed by atoms with Crippen molar-refractivity contribution in [2.24, 2.45) is 5.92 Å². The van der Waals surface area contributed by atoms with Crippen LogP contribution >= 0.6 is 0 Å². The van der Waals surface area contributed by atoms with Gasteiger partial charge in [0.25, 0.3) is 0 Å². The first-order chi connectivity index (χ1) is 7.97. The zero-order chi connectivity index (χ0) is 12.5. The number of benzene rings is 1. The standard InChI is InChI=1S/C12H17NO3S/c1-13(17(15,16)9-11-2-3-11)8-10-4-6-12(14)7-5-10/h4-7,11,14H,2-3,8-9H2,1H3. The van der Waals surface area contributed by atoms with E-state index in [1.165, 1.54) is 4.31 Å². The molecule has 0 bridgehead atoms. The molecule has 1 saturated carbocycles. The molecule has 17 heavy (non-hydrogen) atoms. The van der Waals surface area contributed by atoms with Crippen LogP contribution in [0.1, 0.15) is 18.4 Å². The lowest BCUT2D eigenvalue weighted by Gasteiger charge is -2.17. The van der Waals surface area contributed by atoms with Crippen LogP contribution in [0.5, 0.6) is 5.75 Å². The van der Waals surface area contributed by atoms with Crippen molar-refractivity contribution in [3.8, 4) is 5.75 Å². The maximum atomic E-state index is 11.9.